The predicted molar refractivity (Wildman–Crippen MR) is 200 cm³/mol. The van der Waals surface area contributed by atoms with E-state index in [4.69, 9.17) is 9.47 Å². The number of halogens is 2. The van der Waals surface area contributed by atoms with Crippen LogP contribution >= 0.6 is 0 Å². The number of nitrogens with zero attached hydrogens (tertiary/aromatic N) is 2. The van der Waals surface area contributed by atoms with Crippen molar-refractivity contribution in [2.45, 2.75) is 200 Å². The SMILES string of the molecule is CCCCCCCCCCCCCCOc1ccc[n+](CCCCC[n+]2cccc(OCCCCCCCCCCCCCC)c2)c1.[Br-].[Br-]. The molecule has 2 heterocycles. The Kier molecular flexibility index (Phi) is 35.8. The summed E-state index contributed by atoms with van der Waals surface area (Å²) in [7, 11) is 0. The fourth-order valence-electron chi connectivity index (χ4n) is 6.48. The second kappa shape index (κ2) is 36.6. The van der Waals surface area contributed by atoms with Gasteiger partial charge in [0.25, 0.3) is 0 Å². The van der Waals surface area contributed by atoms with Crippen LogP contribution < -0.4 is 52.6 Å². The summed E-state index contributed by atoms with van der Waals surface area (Å²) in [6, 6.07) is 8.44. The highest BCUT2D eigenvalue weighted by atomic mass is 79.9. The van der Waals surface area contributed by atoms with E-state index in [1.807, 2.05) is 0 Å². The van der Waals surface area contributed by atoms with Crippen LogP contribution in [0, 0.1) is 0 Å². The van der Waals surface area contributed by atoms with Crippen LogP contribution in [0.1, 0.15) is 187 Å². The molecule has 0 aliphatic carbocycles. The Bertz CT molecular complexity index is 885. The maximum absolute atomic E-state index is 6.08. The number of rotatable bonds is 34. The van der Waals surface area contributed by atoms with Gasteiger partial charge >= 0.3 is 0 Å². The number of hydrogen-bond acceptors (Lipinski definition) is 2. The molecule has 0 aliphatic heterocycles. The minimum Gasteiger partial charge on any atom is -1.00 e. The average molecular weight is 813 g/mol. The molecule has 4 nitrogen and oxygen atoms in total. The third-order valence-electron chi connectivity index (χ3n) is 9.53. The lowest BCUT2D eigenvalue weighted by atomic mass is 10.1. The first-order valence-corrected chi connectivity index (χ1v) is 20.6. The molecule has 6 heteroatoms. The van der Waals surface area contributed by atoms with Crippen LogP contribution in [0.3, 0.4) is 0 Å². The van der Waals surface area contributed by atoms with Gasteiger partial charge < -0.3 is 43.4 Å². The molecule has 0 unspecified atom stereocenters. The Morgan fingerprint density at radius 3 is 1.00 bits per heavy atom. The molecule has 0 N–H and O–H groups in total. The van der Waals surface area contributed by atoms with Crippen molar-refractivity contribution >= 4 is 0 Å². The Morgan fingerprint density at radius 2 is 0.673 bits per heavy atom. The van der Waals surface area contributed by atoms with Gasteiger partial charge in [0.05, 0.1) is 13.2 Å². The molecule has 2 aromatic heterocycles. The third-order valence-corrected chi connectivity index (χ3v) is 9.53. The molecule has 284 valence electrons. The summed E-state index contributed by atoms with van der Waals surface area (Å²) in [5, 5.41) is 0. The zero-order valence-electron chi connectivity index (χ0n) is 32.0. The second-order valence-electron chi connectivity index (χ2n) is 14.1. The van der Waals surface area contributed by atoms with E-state index < -0.39 is 0 Å². The van der Waals surface area contributed by atoms with Crippen molar-refractivity contribution in [3.63, 3.8) is 0 Å². The third kappa shape index (κ3) is 29.2. The van der Waals surface area contributed by atoms with Gasteiger partial charge in [-0.3, -0.25) is 0 Å². The molecule has 0 atom stereocenters. The van der Waals surface area contributed by atoms with Crippen molar-refractivity contribution in [1.82, 2.24) is 0 Å². The van der Waals surface area contributed by atoms with Crippen LogP contribution in [0.4, 0.5) is 0 Å². The van der Waals surface area contributed by atoms with E-state index in [0.29, 0.717) is 0 Å². The van der Waals surface area contributed by atoms with E-state index in [1.165, 1.54) is 161 Å². The molecule has 2 rings (SSSR count). The molecule has 49 heavy (non-hydrogen) atoms. The smallest absolute Gasteiger partial charge is 0.211 e. The van der Waals surface area contributed by atoms with E-state index in [-0.39, 0.29) is 34.0 Å². The predicted octanol–water partition coefficient (Wildman–Crippen LogP) is 6.30. The lowest BCUT2D eigenvalue weighted by Crippen LogP contribution is -3.00. The van der Waals surface area contributed by atoms with E-state index in [1.54, 1.807) is 0 Å². The monoisotopic (exact) mass is 810 g/mol. The van der Waals surface area contributed by atoms with Crippen LogP contribution in [0.25, 0.3) is 0 Å². The summed E-state index contributed by atoms with van der Waals surface area (Å²) in [6.07, 6.45) is 45.3. The molecule has 0 saturated carbocycles. The summed E-state index contributed by atoms with van der Waals surface area (Å²) in [5.41, 5.74) is 0. The summed E-state index contributed by atoms with van der Waals surface area (Å²) < 4.78 is 16.7. The Balaban J connectivity index is 0.0000115. The molecule has 0 fully saturated rings. The highest BCUT2D eigenvalue weighted by Gasteiger charge is 2.07. The lowest BCUT2D eigenvalue weighted by Gasteiger charge is -2.06. The van der Waals surface area contributed by atoms with Crippen molar-refractivity contribution in [2.24, 2.45) is 0 Å². The minimum atomic E-state index is 0. The van der Waals surface area contributed by atoms with Gasteiger partial charge in [-0.1, -0.05) is 155 Å². The maximum Gasteiger partial charge on any atom is 0.211 e. The van der Waals surface area contributed by atoms with Crippen molar-refractivity contribution < 1.29 is 52.6 Å². The molecule has 0 aromatic carbocycles. The number of unbranched alkanes of at least 4 members (excludes halogenated alkanes) is 24. The van der Waals surface area contributed by atoms with E-state index in [2.05, 4.69) is 72.0 Å². The Morgan fingerprint density at radius 1 is 0.388 bits per heavy atom. The van der Waals surface area contributed by atoms with Crippen molar-refractivity contribution in [1.29, 1.82) is 0 Å². The molecule has 0 radical (unpaired) electrons. The summed E-state index contributed by atoms with van der Waals surface area (Å²) in [4.78, 5) is 0. The molecular formula is C43H76Br2N2O2. The fraction of sp³-hybridized carbons (Fsp3) is 0.767. The van der Waals surface area contributed by atoms with Gasteiger partial charge in [-0.25, -0.2) is 9.13 Å². The molecule has 0 bridgehead atoms. The summed E-state index contributed by atoms with van der Waals surface area (Å²) >= 11 is 0. The second-order valence-corrected chi connectivity index (χ2v) is 14.1. The van der Waals surface area contributed by atoms with Gasteiger partial charge in [-0.15, -0.1) is 0 Å². The first-order valence-electron chi connectivity index (χ1n) is 20.6. The molecule has 0 saturated heterocycles. The van der Waals surface area contributed by atoms with Gasteiger partial charge in [0.15, 0.2) is 23.9 Å². The quantitative estimate of drug-likeness (QED) is 0.0614. The fourth-order valence-corrected chi connectivity index (χ4v) is 6.48. The molecule has 0 amide bonds. The molecular weight excluding hydrogens is 736 g/mol. The normalized spacial score (nSPS) is 10.8. The van der Waals surface area contributed by atoms with Gasteiger partial charge in [-0.2, -0.15) is 0 Å². The largest absolute Gasteiger partial charge is 1.00 e. The Hall–Kier alpha value is -1.14. The van der Waals surface area contributed by atoms with Crippen LogP contribution in [-0.2, 0) is 13.1 Å². The van der Waals surface area contributed by atoms with Gasteiger partial charge in [0.2, 0.25) is 12.4 Å². The number of aromatic nitrogens is 2. The zero-order chi connectivity index (χ0) is 33.3. The van der Waals surface area contributed by atoms with E-state index in [9.17, 15) is 0 Å². The maximum atomic E-state index is 6.08. The number of pyridine rings is 2. The number of ether oxygens (including phenoxy) is 2. The topological polar surface area (TPSA) is 26.2 Å². The Labute approximate surface area is 325 Å². The first kappa shape index (κ1) is 47.9. The van der Waals surface area contributed by atoms with Gasteiger partial charge in [-0.05, 0) is 31.4 Å². The van der Waals surface area contributed by atoms with Crippen LogP contribution in [0.5, 0.6) is 11.5 Å². The van der Waals surface area contributed by atoms with E-state index >= 15 is 0 Å². The van der Waals surface area contributed by atoms with Crippen LogP contribution in [-0.4, -0.2) is 13.2 Å². The van der Waals surface area contributed by atoms with Crippen molar-refractivity contribution in [3.8, 4) is 11.5 Å². The standard InChI is InChI=1S/C43H76N2O2.2BrH/c1-3-5-7-9-11-13-15-17-19-21-23-28-38-46-42-32-30-36-44(40-42)34-26-25-27-35-45-37-31-33-43(41-45)47-39-29-24-22-20-18-16-14-12-10-8-6-4-2;;/h30-33,36-37,40-41H,3-29,34-35,38-39H2,1-2H3;2*1H/q+2;;/p-2. The molecule has 0 aliphatic rings. The van der Waals surface area contributed by atoms with Crippen molar-refractivity contribution in [2.75, 3.05) is 13.2 Å². The number of hydrogen-bond donors (Lipinski definition) is 0. The highest BCUT2D eigenvalue weighted by Crippen LogP contribution is 2.14. The van der Waals surface area contributed by atoms with Gasteiger partial charge in [0.1, 0.15) is 13.1 Å². The minimum absolute atomic E-state index is 0. The summed E-state index contributed by atoms with van der Waals surface area (Å²) in [5.74, 6) is 2.01. The van der Waals surface area contributed by atoms with Crippen molar-refractivity contribution in [3.05, 3.63) is 49.1 Å². The number of aryl methyl sites for hydroxylation is 2. The lowest BCUT2D eigenvalue weighted by molar-refractivity contribution is -0.701. The van der Waals surface area contributed by atoms with E-state index in [0.717, 1.165) is 50.6 Å². The highest BCUT2D eigenvalue weighted by molar-refractivity contribution is 5.13. The van der Waals surface area contributed by atoms with Crippen LogP contribution in [0.15, 0.2) is 49.1 Å². The average Bonchev–Trinajstić information content (AvgIpc) is 3.09. The van der Waals surface area contributed by atoms with Crippen LogP contribution in [0.2, 0.25) is 0 Å². The first-order chi connectivity index (χ1) is 23.3. The van der Waals surface area contributed by atoms with Gasteiger partial charge in [0, 0.05) is 25.0 Å². The summed E-state index contributed by atoms with van der Waals surface area (Å²) in [6.45, 7) is 8.34. The zero-order valence-corrected chi connectivity index (χ0v) is 35.2. The molecule has 2 aromatic rings. The molecule has 0 spiro atoms.